The van der Waals surface area contributed by atoms with Crippen LogP contribution in [0.5, 0.6) is 0 Å². The van der Waals surface area contributed by atoms with Crippen LogP contribution in [0.3, 0.4) is 0 Å². The molecule has 4 aromatic rings. The Hall–Kier alpha value is -4.45. The van der Waals surface area contributed by atoms with E-state index in [-0.39, 0.29) is 24.8 Å². The average Bonchev–Trinajstić information content (AvgIpc) is 3.22. The summed E-state index contributed by atoms with van der Waals surface area (Å²) in [5.41, 5.74) is 6.89. The number of rotatable bonds is 7. The van der Waals surface area contributed by atoms with Crippen molar-refractivity contribution < 1.29 is 23.8 Å². The lowest BCUT2D eigenvalue weighted by Crippen LogP contribution is -2.42. The minimum atomic E-state index is -1.15. The molecule has 4 aromatic carbocycles. The molecule has 0 aliphatic heterocycles. The van der Waals surface area contributed by atoms with Gasteiger partial charge >= 0.3 is 12.1 Å². The number of halogens is 1. The van der Waals surface area contributed by atoms with Gasteiger partial charge in [-0.1, -0.05) is 84.9 Å². The van der Waals surface area contributed by atoms with Gasteiger partial charge in [-0.15, -0.1) is 0 Å². The first-order valence-corrected chi connectivity index (χ1v) is 11.7. The number of nitrogens with one attached hydrogen (secondary N) is 1. The Kier molecular flexibility index (Phi) is 6.50. The lowest BCUT2D eigenvalue weighted by atomic mass is 9.98. The number of aliphatic carboxylic acids is 1. The molecule has 36 heavy (non-hydrogen) atoms. The molecule has 0 saturated heterocycles. The predicted octanol–water partition coefficient (Wildman–Crippen LogP) is 6.03. The highest BCUT2D eigenvalue weighted by Gasteiger charge is 2.29. The van der Waals surface area contributed by atoms with Crippen LogP contribution in [0, 0.1) is 5.82 Å². The first kappa shape index (κ1) is 23.3. The smallest absolute Gasteiger partial charge is 0.407 e. The van der Waals surface area contributed by atoms with Crippen LogP contribution < -0.4 is 5.32 Å². The number of fused-ring (bicyclic) bond motifs is 3. The molecule has 5 rings (SSSR count). The van der Waals surface area contributed by atoms with Crippen molar-refractivity contribution in [2.45, 2.75) is 18.4 Å². The fourth-order valence-electron chi connectivity index (χ4n) is 4.69. The Bertz CT molecular complexity index is 1350. The van der Waals surface area contributed by atoms with Crippen LogP contribution >= 0.6 is 0 Å². The normalized spacial score (nSPS) is 12.9. The van der Waals surface area contributed by atoms with Crippen LogP contribution in [0.15, 0.2) is 97.1 Å². The second-order valence-corrected chi connectivity index (χ2v) is 8.77. The molecular formula is C30H24FNO4. The molecule has 0 heterocycles. The third-order valence-corrected chi connectivity index (χ3v) is 6.51. The molecule has 0 radical (unpaired) electrons. The van der Waals surface area contributed by atoms with Gasteiger partial charge < -0.3 is 15.2 Å². The van der Waals surface area contributed by atoms with Crippen LogP contribution in [-0.2, 0) is 16.0 Å². The lowest BCUT2D eigenvalue weighted by Gasteiger charge is -2.17. The zero-order valence-electron chi connectivity index (χ0n) is 19.4. The summed E-state index contributed by atoms with van der Waals surface area (Å²) in [6.45, 7) is 0.110. The summed E-state index contributed by atoms with van der Waals surface area (Å²) in [5, 5.41) is 12.2. The van der Waals surface area contributed by atoms with Crippen molar-refractivity contribution in [1.82, 2.24) is 5.32 Å². The SMILES string of the molecule is O=C(N[C@H](Cc1ccc(-c2ccc(F)cc2)cc1)C(=O)O)OCC1c2ccccc2-c2ccccc21. The van der Waals surface area contributed by atoms with E-state index >= 15 is 0 Å². The molecule has 0 saturated carbocycles. The van der Waals surface area contributed by atoms with Crippen molar-refractivity contribution in [3.8, 4) is 22.3 Å². The second kappa shape index (κ2) is 10.0. The van der Waals surface area contributed by atoms with Gasteiger partial charge in [-0.25, -0.2) is 14.0 Å². The summed E-state index contributed by atoms with van der Waals surface area (Å²) < 4.78 is 18.7. The van der Waals surface area contributed by atoms with E-state index in [2.05, 4.69) is 17.4 Å². The minimum Gasteiger partial charge on any atom is -0.480 e. The Morgan fingerprint density at radius 1 is 0.806 bits per heavy atom. The van der Waals surface area contributed by atoms with E-state index in [0.29, 0.717) is 0 Å². The van der Waals surface area contributed by atoms with E-state index in [1.54, 1.807) is 24.3 Å². The second-order valence-electron chi connectivity index (χ2n) is 8.77. The maximum atomic E-state index is 13.2. The molecule has 5 nitrogen and oxygen atoms in total. The zero-order chi connectivity index (χ0) is 25.1. The number of hydrogen-bond donors (Lipinski definition) is 2. The number of carbonyl (C=O) groups is 2. The van der Waals surface area contributed by atoms with Gasteiger partial charge in [0, 0.05) is 12.3 Å². The fourth-order valence-corrected chi connectivity index (χ4v) is 4.69. The average molecular weight is 482 g/mol. The van der Waals surface area contributed by atoms with Gasteiger partial charge in [0.25, 0.3) is 0 Å². The molecule has 0 unspecified atom stereocenters. The number of carboxylic acid groups (broad SMARTS) is 1. The van der Waals surface area contributed by atoms with E-state index < -0.39 is 18.1 Å². The van der Waals surface area contributed by atoms with E-state index in [4.69, 9.17) is 4.74 Å². The zero-order valence-corrected chi connectivity index (χ0v) is 19.4. The van der Waals surface area contributed by atoms with Crippen molar-refractivity contribution in [2.24, 2.45) is 0 Å². The number of carbonyl (C=O) groups excluding carboxylic acids is 1. The van der Waals surface area contributed by atoms with Crippen LogP contribution in [-0.4, -0.2) is 29.8 Å². The van der Waals surface area contributed by atoms with Crippen LogP contribution in [0.25, 0.3) is 22.3 Å². The van der Waals surface area contributed by atoms with Gasteiger partial charge in [0.05, 0.1) is 0 Å². The Balaban J connectivity index is 1.22. The highest BCUT2D eigenvalue weighted by atomic mass is 19.1. The fraction of sp³-hybridized carbons (Fsp3) is 0.133. The number of hydrogen-bond acceptors (Lipinski definition) is 3. The Morgan fingerprint density at radius 2 is 1.33 bits per heavy atom. The highest BCUT2D eigenvalue weighted by molar-refractivity contribution is 5.81. The van der Waals surface area contributed by atoms with Gasteiger partial charge in [0.15, 0.2) is 0 Å². The molecule has 1 aliphatic carbocycles. The monoisotopic (exact) mass is 481 g/mol. The summed E-state index contributed by atoms with van der Waals surface area (Å²) in [4.78, 5) is 24.4. The quantitative estimate of drug-likeness (QED) is 0.338. The molecular weight excluding hydrogens is 457 g/mol. The largest absolute Gasteiger partial charge is 0.480 e. The van der Waals surface area contributed by atoms with Crippen molar-refractivity contribution >= 4 is 12.1 Å². The molecule has 0 aromatic heterocycles. The van der Waals surface area contributed by atoms with Gasteiger partial charge in [-0.2, -0.15) is 0 Å². The van der Waals surface area contributed by atoms with Gasteiger partial charge in [-0.3, -0.25) is 0 Å². The van der Waals surface area contributed by atoms with Crippen LogP contribution in [0.4, 0.5) is 9.18 Å². The van der Waals surface area contributed by atoms with E-state index in [1.807, 2.05) is 48.5 Å². The van der Waals surface area contributed by atoms with Gasteiger partial charge in [0.2, 0.25) is 0 Å². The maximum Gasteiger partial charge on any atom is 0.407 e. The molecule has 0 bridgehead atoms. The number of carboxylic acids is 1. The van der Waals surface area contributed by atoms with Crippen molar-refractivity contribution in [2.75, 3.05) is 6.61 Å². The highest BCUT2D eigenvalue weighted by Crippen LogP contribution is 2.44. The number of amides is 1. The molecule has 1 amide bonds. The topological polar surface area (TPSA) is 75.6 Å². The first-order valence-electron chi connectivity index (χ1n) is 11.7. The van der Waals surface area contributed by atoms with Crippen LogP contribution in [0.2, 0.25) is 0 Å². The summed E-state index contributed by atoms with van der Waals surface area (Å²) >= 11 is 0. The van der Waals surface area contributed by atoms with Crippen molar-refractivity contribution in [3.63, 3.8) is 0 Å². The lowest BCUT2D eigenvalue weighted by molar-refractivity contribution is -0.139. The van der Waals surface area contributed by atoms with E-state index in [9.17, 15) is 19.1 Å². The molecule has 1 atom stereocenters. The summed E-state index contributed by atoms with van der Waals surface area (Å²) in [5.74, 6) is -1.56. The molecule has 0 fully saturated rings. The van der Waals surface area contributed by atoms with Gasteiger partial charge in [0.1, 0.15) is 18.5 Å². The maximum absolute atomic E-state index is 13.2. The Labute approximate surface area is 208 Å². The van der Waals surface area contributed by atoms with E-state index in [1.165, 1.54) is 12.1 Å². The summed E-state index contributed by atoms with van der Waals surface area (Å²) in [6.07, 6.45) is -0.671. The minimum absolute atomic E-state index is 0.100. The molecule has 2 N–H and O–H groups in total. The summed E-state index contributed by atoms with van der Waals surface area (Å²) in [7, 11) is 0. The summed E-state index contributed by atoms with van der Waals surface area (Å²) in [6, 6.07) is 28.3. The first-order chi connectivity index (χ1) is 17.5. The Morgan fingerprint density at radius 3 is 1.89 bits per heavy atom. The number of ether oxygens (including phenoxy) is 1. The number of alkyl carbamates (subject to hydrolysis) is 1. The van der Waals surface area contributed by atoms with Crippen molar-refractivity contribution in [1.29, 1.82) is 0 Å². The third-order valence-electron chi connectivity index (χ3n) is 6.51. The van der Waals surface area contributed by atoms with Crippen LogP contribution in [0.1, 0.15) is 22.6 Å². The predicted molar refractivity (Wildman–Crippen MR) is 135 cm³/mol. The van der Waals surface area contributed by atoms with E-state index in [0.717, 1.165) is 38.9 Å². The molecule has 180 valence electrons. The standard InChI is InChI=1S/C30H24FNO4/c31-22-15-13-21(14-16-22)20-11-9-19(10-12-20)17-28(29(33)34)32-30(35)36-18-27-25-7-3-1-5-23(25)24-6-2-4-8-26(24)27/h1-16,27-28H,17-18H2,(H,32,35)(H,33,34)/t28-/m1/s1. The molecule has 0 spiro atoms. The molecule has 6 heteroatoms. The molecule has 1 aliphatic rings. The number of benzene rings is 4. The third kappa shape index (κ3) is 4.84. The van der Waals surface area contributed by atoms with Gasteiger partial charge in [-0.05, 0) is 51.1 Å². The van der Waals surface area contributed by atoms with Crippen molar-refractivity contribution in [3.05, 3.63) is 120 Å².